The van der Waals surface area contributed by atoms with E-state index >= 15 is 0 Å². The molecule has 0 saturated carbocycles. The summed E-state index contributed by atoms with van der Waals surface area (Å²) >= 11 is 1.68. The van der Waals surface area contributed by atoms with Gasteiger partial charge in [-0.1, -0.05) is 31.2 Å². The molecule has 4 aromatic rings. The minimum atomic E-state index is -0.908. The number of ether oxygens (including phenoxy) is 1. The number of aromatic carboxylic acids is 1. The van der Waals surface area contributed by atoms with Crippen molar-refractivity contribution in [2.45, 2.75) is 19.3 Å². The Morgan fingerprint density at radius 1 is 1.03 bits per heavy atom. The summed E-state index contributed by atoms with van der Waals surface area (Å²) < 4.78 is 7.19. The highest BCUT2D eigenvalue weighted by atomic mass is 32.1. The van der Waals surface area contributed by atoms with Crippen LogP contribution in [0.2, 0.25) is 0 Å². The van der Waals surface area contributed by atoms with Gasteiger partial charge in [0.15, 0.2) is 0 Å². The summed E-state index contributed by atoms with van der Waals surface area (Å²) in [6.45, 7) is 2.65. The van der Waals surface area contributed by atoms with Gasteiger partial charge in [-0.3, -0.25) is 0 Å². The van der Waals surface area contributed by atoms with Crippen LogP contribution in [0, 0.1) is 0 Å². The Balaban J connectivity index is 1.43. The van der Waals surface area contributed by atoms with E-state index in [4.69, 9.17) is 14.8 Å². The molecular formula is C24H21NO3S. The first-order chi connectivity index (χ1) is 14.1. The Labute approximate surface area is 173 Å². The van der Waals surface area contributed by atoms with Gasteiger partial charge >= 0.3 is 5.97 Å². The molecule has 3 aromatic carbocycles. The normalized spacial score (nSPS) is 12.0. The molecule has 146 valence electrons. The number of aromatic nitrogens is 1. The first-order valence-corrected chi connectivity index (χ1v) is 10.4. The molecule has 0 saturated heterocycles. The van der Waals surface area contributed by atoms with Gasteiger partial charge in [-0.25, -0.2) is 9.78 Å². The fourth-order valence-corrected chi connectivity index (χ4v) is 4.20. The lowest BCUT2D eigenvalue weighted by atomic mass is 9.96. The predicted molar refractivity (Wildman–Crippen MR) is 117 cm³/mol. The van der Waals surface area contributed by atoms with E-state index in [1.807, 2.05) is 54.6 Å². The molecule has 29 heavy (non-hydrogen) atoms. The van der Waals surface area contributed by atoms with Gasteiger partial charge in [0.05, 0.1) is 22.4 Å². The van der Waals surface area contributed by atoms with E-state index in [0.717, 1.165) is 33.8 Å². The fourth-order valence-electron chi connectivity index (χ4n) is 3.23. The van der Waals surface area contributed by atoms with Crippen molar-refractivity contribution in [3.05, 3.63) is 83.9 Å². The maximum atomic E-state index is 11.0. The van der Waals surface area contributed by atoms with Crippen LogP contribution < -0.4 is 4.74 Å². The second-order valence-corrected chi connectivity index (χ2v) is 7.89. The maximum absolute atomic E-state index is 11.0. The van der Waals surface area contributed by atoms with Crippen molar-refractivity contribution >= 4 is 27.5 Å². The Bertz CT molecular complexity index is 1080. The van der Waals surface area contributed by atoms with Crippen LogP contribution in [0.15, 0.2) is 72.8 Å². The first kappa shape index (κ1) is 19.2. The molecule has 4 rings (SSSR count). The van der Waals surface area contributed by atoms with Gasteiger partial charge in [0.2, 0.25) is 0 Å². The zero-order valence-electron chi connectivity index (χ0n) is 16.0. The Morgan fingerprint density at radius 2 is 1.76 bits per heavy atom. The van der Waals surface area contributed by atoms with Crippen LogP contribution in [0.25, 0.3) is 20.8 Å². The fraction of sp³-hybridized carbons (Fsp3) is 0.167. The Kier molecular flexibility index (Phi) is 5.58. The number of fused-ring (bicyclic) bond motifs is 1. The molecule has 1 aromatic heterocycles. The number of nitrogens with zero attached hydrogens (tertiary/aromatic N) is 1. The van der Waals surface area contributed by atoms with Crippen LogP contribution in [0.5, 0.6) is 5.75 Å². The average molecular weight is 404 g/mol. The molecule has 1 heterocycles. The lowest BCUT2D eigenvalue weighted by Crippen LogP contribution is -2.10. The molecule has 5 heteroatoms. The van der Waals surface area contributed by atoms with E-state index in [-0.39, 0.29) is 5.92 Å². The number of rotatable bonds is 7. The van der Waals surface area contributed by atoms with Crippen LogP contribution in [-0.2, 0) is 0 Å². The smallest absolute Gasteiger partial charge is 0.335 e. The first-order valence-electron chi connectivity index (χ1n) is 9.56. The van der Waals surface area contributed by atoms with Crippen LogP contribution in [0.4, 0.5) is 0 Å². The van der Waals surface area contributed by atoms with Crippen LogP contribution >= 0.6 is 11.3 Å². The molecule has 0 bridgehead atoms. The molecule has 1 atom stereocenters. The summed E-state index contributed by atoms with van der Waals surface area (Å²) in [6.07, 6.45) is 0.913. The number of carboxylic acid groups (broad SMARTS) is 1. The third-order valence-electron chi connectivity index (χ3n) is 4.97. The van der Waals surface area contributed by atoms with Gasteiger partial charge in [0, 0.05) is 11.5 Å². The molecule has 4 nitrogen and oxygen atoms in total. The van der Waals surface area contributed by atoms with Gasteiger partial charge in [0.1, 0.15) is 10.8 Å². The van der Waals surface area contributed by atoms with Gasteiger partial charge in [-0.15, -0.1) is 11.3 Å². The predicted octanol–water partition coefficient (Wildman–Crippen LogP) is 6.23. The largest absolute Gasteiger partial charge is 0.493 e. The number of carboxylic acids is 1. The average Bonchev–Trinajstić information content (AvgIpc) is 3.19. The van der Waals surface area contributed by atoms with Crippen molar-refractivity contribution in [1.29, 1.82) is 0 Å². The summed E-state index contributed by atoms with van der Waals surface area (Å²) in [6, 6.07) is 23.2. The van der Waals surface area contributed by atoms with E-state index in [0.29, 0.717) is 12.2 Å². The van der Waals surface area contributed by atoms with Gasteiger partial charge in [-0.05, 0) is 60.5 Å². The van der Waals surface area contributed by atoms with Gasteiger partial charge in [-0.2, -0.15) is 0 Å². The SMILES string of the molecule is CCC(COc1ccc(-c2nc3ccccc3s2)cc1)c1ccc(C(=O)O)cc1. The zero-order chi connectivity index (χ0) is 20.2. The van der Waals surface area contributed by atoms with Crippen molar-refractivity contribution in [3.8, 4) is 16.3 Å². The monoisotopic (exact) mass is 403 g/mol. The van der Waals surface area contributed by atoms with Crippen molar-refractivity contribution in [2.75, 3.05) is 6.61 Å². The molecule has 0 aliphatic heterocycles. The molecule has 0 spiro atoms. The number of carbonyl (C=O) groups is 1. The molecule has 0 radical (unpaired) electrons. The number of hydrogen-bond donors (Lipinski definition) is 1. The second-order valence-electron chi connectivity index (χ2n) is 6.85. The van der Waals surface area contributed by atoms with E-state index < -0.39 is 5.97 Å². The number of thiazole rings is 1. The molecule has 0 amide bonds. The third kappa shape index (κ3) is 4.30. The highest BCUT2D eigenvalue weighted by Gasteiger charge is 2.12. The van der Waals surface area contributed by atoms with Gasteiger partial charge < -0.3 is 9.84 Å². The molecular weight excluding hydrogens is 382 g/mol. The van der Waals surface area contributed by atoms with E-state index in [2.05, 4.69) is 13.0 Å². The van der Waals surface area contributed by atoms with Crippen molar-refractivity contribution in [3.63, 3.8) is 0 Å². The number of benzene rings is 3. The summed E-state index contributed by atoms with van der Waals surface area (Å²) in [5, 5.41) is 10.0. The topological polar surface area (TPSA) is 59.4 Å². The van der Waals surface area contributed by atoms with Crippen molar-refractivity contribution in [2.24, 2.45) is 0 Å². The zero-order valence-corrected chi connectivity index (χ0v) is 16.9. The second kappa shape index (κ2) is 8.45. The molecule has 1 unspecified atom stereocenters. The lowest BCUT2D eigenvalue weighted by Gasteiger charge is -2.17. The summed E-state index contributed by atoms with van der Waals surface area (Å²) in [5.74, 6) is 0.117. The highest BCUT2D eigenvalue weighted by molar-refractivity contribution is 7.21. The summed E-state index contributed by atoms with van der Waals surface area (Å²) in [7, 11) is 0. The van der Waals surface area contributed by atoms with Crippen molar-refractivity contribution < 1.29 is 14.6 Å². The standard InChI is InChI=1S/C24H21NO3S/c1-2-16(17-7-9-19(10-8-17)24(26)27)15-28-20-13-11-18(12-14-20)23-25-21-5-3-4-6-22(21)29-23/h3-14,16H,2,15H2,1H3,(H,26,27). The lowest BCUT2D eigenvalue weighted by molar-refractivity contribution is 0.0697. The molecule has 0 aliphatic rings. The van der Waals surface area contributed by atoms with Crippen molar-refractivity contribution in [1.82, 2.24) is 4.98 Å². The molecule has 0 fully saturated rings. The van der Waals surface area contributed by atoms with Crippen LogP contribution in [-0.4, -0.2) is 22.7 Å². The maximum Gasteiger partial charge on any atom is 0.335 e. The Hall–Kier alpha value is -3.18. The van der Waals surface area contributed by atoms with E-state index in [1.54, 1.807) is 23.5 Å². The van der Waals surface area contributed by atoms with E-state index in [1.165, 1.54) is 4.70 Å². The van der Waals surface area contributed by atoms with Crippen LogP contribution in [0.1, 0.15) is 35.2 Å². The minimum absolute atomic E-state index is 0.210. The number of hydrogen-bond acceptors (Lipinski definition) is 4. The third-order valence-corrected chi connectivity index (χ3v) is 6.05. The number of para-hydroxylation sites is 1. The molecule has 0 aliphatic carbocycles. The van der Waals surface area contributed by atoms with Gasteiger partial charge in [0.25, 0.3) is 0 Å². The molecule has 1 N–H and O–H groups in total. The highest BCUT2D eigenvalue weighted by Crippen LogP contribution is 2.31. The summed E-state index contributed by atoms with van der Waals surface area (Å²) in [4.78, 5) is 15.7. The van der Waals surface area contributed by atoms with E-state index in [9.17, 15) is 4.79 Å². The summed E-state index contributed by atoms with van der Waals surface area (Å²) in [5.41, 5.74) is 3.49. The Morgan fingerprint density at radius 3 is 2.41 bits per heavy atom. The van der Waals surface area contributed by atoms with Crippen LogP contribution in [0.3, 0.4) is 0 Å². The minimum Gasteiger partial charge on any atom is -0.493 e. The quantitative estimate of drug-likeness (QED) is 0.397.